The van der Waals surface area contributed by atoms with Gasteiger partial charge in [-0.15, -0.1) is 0 Å². The number of rotatable bonds is 4. The Morgan fingerprint density at radius 1 is 1.33 bits per heavy atom. The Morgan fingerprint density at radius 2 is 2.06 bits per heavy atom. The Balaban J connectivity index is 2.07. The van der Waals surface area contributed by atoms with Gasteiger partial charge in [0, 0.05) is 5.56 Å². The fourth-order valence-electron chi connectivity index (χ4n) is 1.69. The van der Waals surface area contributed by atoms with Crippen LogP contribution >= 0.6 is 0 Å². The van der Waals surface area contributed by atoms with Crippen LogP contribution in [0.1, 0.15) is 28.9 Å². The first-order valence-corrected chi connectivity index (χ1v) is 5.73. The highest BCUT2D eigenvalue weighted by Gasteiger charge is 2.20. The van der Waals surface area contributed by atoms with Crippen LogP contribution in [0.25, 0.3) is 0 Å². The van der Waals surface area contributed by atoms with Crippen molar-refractivity contribution in [2.24, 2.45) is 0 Å². The van der Waals surface area contributed by atoms with E-state index in [0.29, 0.717) is 12.2 Å². The van der Waals surface area contributed by atoms with Crippen LogP contribution in [0.5, 0.6) is 0 Å². The Hall–Kier alpha value is -1.72. The molecule has 0 bridgehead atoms. The minimum atomic E-state index is -0.828. The molecular weight excluding hydrogens is 236 g/mol. The summed E-state index contributed by atoms with van der Waals surface area (Å²) in [6, 6.07) is 6.70. The van der Waals surface area contributed by atoms with Gasteiger partial charge in [-0.25, -0.2) is 4.79 Å². The largest absolute Gasteiger partial charge is 0.460 e. The highest BCUT2D eigenvalue weighted by Crippen LogP contribution is 2.22. The number of hydrogen-bond acceptors (Lipinski definition) is 5. The van der Waals surface area contributed by atoms with E-state index in [9.17, 15) is 9.59 Å². The average Bonchev–Trinajstić information content (AvgIpc) is 2.92. The molecule has 0 aromatic heterocycles. The van der Waals surface area contributed by atoms with Crippen LogP contribution in [0.4, 0.5) is 0 Å². The number of benzene rings is 1. The Bertz CT molecular complexity index is 431. The summed E-state index contributed by atoms with van der Waals surface area (Å²) in [7, 11) is 0. The SMILES string of the molecule is CCOC(=O)C(=O)c1ccc(C2COCO2)cc1. The molecule has 0 saturated carbocycles. The lowest BCUT2D eigenvalue weighted by Gasteiger charge is -2.08. The van der Waals surface area contributed by atoms with Crippen molar-refractivity contribution in [3.63, 3.8) is 0 Å². The molecule has 1 atom stereocenters. The van der Waals surface area contributed by atoms with E-state index in [0.717, 1.165) is 5.56 Å². The molecule has 18 heavy (non-hydrogen) atoms. The number of carbonyl (C=O) groups excluding carboxylic acids is 2. The molecule has 0 amide bonds. The fourth-order valence-corrected chi connectivity index (χ4v) is 1.69. The third-order valence-corrected chi connectivity index (χ3v) is 2.63. The van der Waals surface area contributed by atoms with Crippen molar-refractivity contribution in [3.05, 3.63) is 35.4 Å². The van der Waals surface area contributed by atoms with Gasteiger partial charge in [0.05, 0.1) is 13.2 Å². The predicted octanol–water partition coefficient (Wildman–Crippen LogP) is 1.48. The molecule has 0 spiro atoms. The average molecular weight is 250 g/mol. The molecule has 1 aliphatic heterocycles. The van der Waals surface area contributed by atoms with Crippen molar-refractivity contribution in [2.75, 3.05) is 20.0 Å². The Labute approximate surface area is 105 Å². The summed E-state index contributed by atoms with van der Waals surface area (Å²) in [6.45, 7) is 2.64. The first-order chi connectivity index (χ1) is 8.72. The quantitative estimate of drug-likeness (QED) is 0.460. The van der Waals surface area contributed by atoms with Gasteiger partial charge in [0.1, 0.15) is 12.9 Å². The maximum Gasteiger partial charge on any atom is 0.379 e. The molecular formula is C13H14O5. The van der Waals surface area contributed by atoms with Crippen molar-refractivity contribution in [2.45, 2.75) is 13.0 Å². The predicted molar refractivity (Wildman–Crippen MR) is 62.1 cm³/mol. The summed E-state index contributed by atoms with van der Waals surface area (Å²) in [6.07, 6.45) is -0.100. The summed E-state index contributed by atoms with van der Waals surface area (Å²) in [4.78, 5) is 22.9. The number of ether oxygens (including phenoxy) is 3. The monoisotopic (exact) mass is 250 g/mol. The standard InChI is InChI=1S/C13H14O5/c1-2-17-13(15)12(14)10-5-3-9(4-6-10)11-7-16-8-18-11/h3-6,11H,2,7-8H2,1H3. The van der Waals surface area contributed by atoms with Gasteiger partial charge in [0.15, 0.2) is 0 Å². The summed E-state index contributed by atoms with van der Waals surface area (Å²) in [5.74, 6) is -1.46. The molecule has 1 aliphatic rings. The third kappa shape index (κ3) is 2.75. The van der Waals surface area contributed by atoms with E-state index < -0.39 is 11.8 Å². The van der Waals surface area contributed by atoms with Gasteiger partial charge in [0.25, 0.3) is 5.78 Å². The van der Waals surface area contributed by atoms with Gasteiger partial charge in [-0.1, -0.05) is 24.3 Å². The van der Waals surface area contributed by atoms with Gasteiger partial charge in [-0.05, 0) is 12.5 Å². The van der Waals surface area contributed by atoms with Gasteiger partial charge in [-0.3, -0.25) is 4.79 Å². The highest BCUT2D eigenvalue weighted by atomic mass is 16.7. The molecule has 1 aromatic carbocycles. The number of Topliss-reactive ketones (excluding diaryl/α,β-unsaturated/α-hetero) is 1. The molecule has 1 fully saturated rings. The molecule has 0 aliphatic carbocycles. The lowest BCUT2D eigenvalue weighted by atomic mass is 10.1. The molecule has 1 unspecified atom stereocenters. The summed E-state index contributed by atoms with van der Waals surface area (Å²) in [5.41, 5.74) is 1.24. The summed E-state index contributed by atoms with van der Waals surface area (Å²) in [5, 5.41) is 0. The minimum Gasteiger partial charge on any atom is -0.460 e. The smallest absolute Gasteiger partial charge is 0.379 e. The van der Waals surface area contributed by atoms with Crippen LogP contribution in [-0.4, -0.2) is 31.8 Å². The van der Waals surface area contributed by atoms with Crippen LogP contribution in [-0.2, 0) is 19.0 Å². The molecule has 2 rings (SSSR count). The van der Waals surface area contributed by atoms with Gasteiger partial charge in [-0.2, -0.15) is 0 Å². The zero-order valence-corrected chi connectivity index (χ0v) is 10.0. The number of carbonyl (C=O) groups is 2. The molecule has 1 heterocycles. The normalized spacial score (nSPS) is 18.6. The van der Waals surface area contributed by atoms with E-state index in [-0.39, 0.29) is 19.5 Å². The van der Waals surface area contributed by atoms with E-state index >= 15 is 0 Å². The second-order valence-corrected chi connectivity index (χ2v) is 3.82. The van der Waals surface area contributed by atoms with Crippen LogP contribution in [0, 0.1) is 0 Å². The molecule has 5 heteroatoms. The third-order valence-electron chi connectivity index (χ3n) is 2.63. The van der Waals surface area contributed by atoms with E-state index in [1.165, 1.54) is 0 Å². The number of esters is 1. The number of hydrogen-bond donors (Lipinski definition) is 0. The minimum absolute atomic E-state index is 0.100. The Kier molecular flexibility index (Phi) is 4.07. The maximum atomic E-state index is 11.6. The summed E-state index contributed by atoms with van der Waals surface area (Å²) < 4.78 is 15.1. The van der Waals surface area contributed by atoms with Crippen LogP contribution in [0.3, 0.4) is 0 Å². The topological polar surface area (TPSA) is 61.8 Å². The van der Waals surface area contributed by atoms with Crippen LogP contribution < -0.4 is 0 Å². The zero-order chi connectivity index (χ0) is 13.0. The lowest BCUT2D eigenvalue weighted by molar-refractivity contribution is -0.137. The van der Waals surface area contributed by atoms with E-state index in [1.54, 1.807) is 31.2 Å². The van der Waals surface area contributed by atoms with Crippen molar-refractivity contribution in [1.82, 2.24) is 0 Å². The molecule has 1 saturated heterocycles. The van der Waals surface area contributed by atoms with Crippen LogP contribution in [0.2, 0.25) is 0 Å². The molecule has 0 N–H and O–H groups in total. The van der Waals surface area contributed by atoms with E-state index in [1.807, 2.05) is 0 Å². The molecule has 1 aromatic rings. The van der Waals surface area contributed by atoms with E-state index in [4.69, 9.17) is 9.47 Å². The zero-order valence-electron chi connectivity index (χ0n) is 10.0. The van der Waals surface area contributed by atoms with Crippen molar-refractivity contribution in [3.8, 4) is 0 Å². The summed E-state index contributed by atoms with van der Waals surface area (Å²) >= 11 is 0. The van der Waals surface area contributed by atoms with Gasteiger partial charge < -0.3 is 14.2 Å². The first kappa shape index (κ1) is 12.7. The van der Waals surface area contributed by atoms with E-state index in [2.05, 4.69) is 4.74 Å². The highest BCUT2D eigenvalue weighted by molar-refractivity contribution is 6.40. The molecule has 0 radical (unpaired) electrons. The lowest BCUT2D eigenvalue weighted by Crippen LogP contribution is -2.17. The van der Waals surface area contributed by atoms with Crippen molar-refractivity contribution >= 4 is 11.8 Å². The number of ketones is 1. The second kappa shape index (κ2) is 5.75. The van der Waals surface area contributed by atoms with Crippen molar-refractivity contribution < 1.29 is 23.8 Å². The Morgan fingerprint density at radius 3 is 2.61 bits per heavy atom. The molecule has 5 nitrogen and oxygen atoms in total. The van der Waals surface area contributed by atoms with Gasteiger partial charge >= 0.3 is 5.97 Å². The fraction of sp³-hybridized carbons (Fsp3) is 0.385. The van der Waals surface area contributed by atoms with Crippen LogP contribution in [0.15, 0.2) is 24.3 Å². The van der Waals surface area contributed by atoms with Crippen molar-refractivity contribution in [1.29, 1.82) is 0 Å². The first-order valence-electron chi connectivity index (χ1n) is 5.73. The second-order valence-electron chi connectivity index (χ2n) is 3.82. The molecule has 96 valence electrons. The maximum absolute atomic E-state index is 11.6. The van der Waals surface area contributed by atoms with Gasteiger partial charge in [0.2, 0.25) is 0 Å².